The van der Waals surface area contributed by atoms with Gasteiger partial charge in [0.2, 0.25) is 0 Å². The SMILES string of the molecule is CCCC(CCC=O)N1NC=CS1. The molecule has 3 nitrogen and oxygen atoms in total. The molecule has 0 aromatic carbocycles. The minimum absolute atomic E-state index is 0.468. The van der Waals surface area contributed by atoms with Crippen molar-refractivity contribution in [3.8, 4) is 0 Å². The standard InChI is InChI=1S/C9H16N2OS/c1-2-4-9(5-3-7-12)11-10-6-8-13-11/h6-10H,2-5H2,1H3. The highest BCUT2D eigenvalue weighted by atomic mass is 32.2. The Kier molecular flexibility index (Phi) is 4.93. The molecule has 0 amide bonds. The van der Waals surface area contributed by atoms with Gasteiger partial charge in [0.15, 0.2) is 0 Å². The lowest BCUT2D eigenvalue weighted by Gasteiger charge is -2.25. The van der Waals surface area contributed by atoms with Crippen LogP contribution in [0.15, 0.2) is 11.6 Å². The fourth-order valence-electron chi connectivity index (χ4n) is 1.39. The predicted molar refractivity (Wildman–Crippen MR) is 55.7 cm³/mol. The third-order valence-electron chi connectivity index (χ3n) is 2.02. The molecule has 0 radical (unpaired) electrons. The minimum atomic E-state index is 0.468. The Morgan fingerprint density at radius 1 is 1.62 bits per heavy atom. The Bertz CT molecular complexity index is 176. The highest BCUT2D eigenvalue weighted by molar-refractivity contribution is 8.00. The molecular formula is C9H16N2OS. The number of carbonyl (C=O) groups is 1. The Hall–Kier alpha value is -0.480. The van der Waals surface area contributed by atoms with Crippen molar-refractivity contribution in [2.75, 3.05) is 0 Å². The van der Waals surface area contributed by atoms with Gasteiger partial charge in [-0.3, -0.25) is 0 Å². The highest BCUT2D eigenvalue weighted by Gasteiger charge is 2.18. The molecule has 0 fully saturated rings. The van der Waals surface area contributed by atoms with Crippen LogP contribution in [0, 0.1) is 0 Å². The van der Waals surface area contributed by atoms with Crippen LogP contribution in [0.5, 0.6) is 0 Å². The summed E-state index contributed by atoms with van der Waals surface area (Å²) in [6.45, 7) is 2.17. The number of hydrogen-bond acceptors (Lipinski definition) is 4. The molecule has 4 heteroatoms. The minimum Gasteiger partial charge on any atom is -0.316 e. The maximum Gasteiger partial charge on any atom is 0.120 e. The average Bonchev–Trinajstić information content (AvgIpc) is 2.65. The summed E-state index contributed by atoms with van der Waals surface area (Å²) < 4.78 is 2.12. The second-order valence-corrected chi connectivity index (χ2v) is 3.93. The Labute approximate surface area is 83.7 Å². The summed E-state index contributed by atoms with van der Waals surface area (Å²) in [5, 5.41) is 2.02. The van der Waals surface area contributed by atoms with Crippen molar-refractivity contribution in [3.63, 3.8) is 0 Å². The molecule has 0 aromatic rings. The molecule has 0 aromatic heterocycles. The van der Waals surface area contributed by atoms with Crippen LogP contribution in [0.3, 0.4) is 0 Å². The fourth-order valence-corrected chi connectivity index (χ4v) is 2.15. The van der Waals surface area contributed by atoms with E-state index in [1.807, 2.05) is 11.6 Å². The van der Waals surface area contributed by atoms with E-state index >= 15 is 0 Å². The van der Waals surface area contributed by atoms with Crippen molar-refractivity contribution in [2.24, 2.45) is 0 Å². The highest BCUT2D eigenvalue weighted by Crippen LogP contribution is 2.22. The number of hydrogen-bond donors (Lipinski definition) is 1. The van der Waals surface area contributed by atoms with Crippen molar-refractivity contribution in [3.05, 3.63) is 11.6 Å². The lowest BCUT2D eigenvalue weighted by Crippen LogP contribution is -2.34. The van der Waals surface area contributed by atoms with Gasteiger partial charge >= 0.3 is 0 Å². The molecule has 1 heterocycles. The largest absolute Gasteiger partial charge is 0.316 e. The van der Waals surface area contributed by atoms with E-state index in [-0.39, 0.29) is 0 Å². The van der Waals surface area contributed by atoms with Crippen LogP contribution < -0.4 is 5.43 Å². The van der Waals surface area contributed by atoms with Gasteiger partial charge in [0.05, 0.1) is 0 Å². The van der Waals surface area contributed by atoms with E-state index in [9.17, 15) is 4.79 Å². The number of aldehydes is 1. The molecule has 13 heavy (non-hydrogen) atoms. The maximum absolute atomic E-state index is 10.3. The number of rotatable bonds is 6. The molecule has 1 N–H and O–H groups in total. The fraction of sp³-hybridized carbons (Fsp3) is 0.667. The Morgan fingerprint density at radius 3 is 3.00 bits per heavy atom. The molecule has 74 valence electrons. The second-order valence-electron chi connectivity index (χ2n) is 3.05. The van der Waals surface area contributed by atoms with Crippen LogP contribution >= 0.6 is 11.9 Å². The maximum atomic E-state index is 10.3. The molecular weight excluding hydrogens is 184 g/mol. The first-order chi connectivity index (χ1) is 6.38. The number of nitrogens with one attached hydrogen (secondary N) is 1. The van der Waals surface area contributed by atoms with Gasteiger partial charge in [-0.15, -0.1) is 0 Å². The quantitative estimate of drug-likeness (QED) is 0.525. The van der Waals surface area contributed by atoms with Crippen LogP contribution in [0.4, 0.5) is 0 Å². The predicted octanol–water partition coefficient (Wildman–Crippen LogP) is 2.07. The Morgan fingerprint density at radius 2 is 2.46 bits per heavy atom. The molecule has 0 saturated carbocycles. The lowest BCUT2D eigenvalue weighted by molar-refractivity contribution is -0.108. The van der Waals surface area contributed by atoms with Crippen LogP contribution in [0.25, 0.3) is 0 Å². The normalized spacial score (nSPS) is 18.5. The number of carbonyl (C=O) groups excluding carboxylic acids is 1. The molecule has 0 bridgehead atoms. The van der Waals surface area contributed by atoms with Crippen LogP contribution in [0.1, 0.15) is 32.6 Å². The first-order valence-corrected chi connectivity index (χ1v) is 5.53. The summed E-state index contributed by atoms with van der Waals surface area (Å²) in [6, 6.07) is 0.468. The van der Waals surface area contributed by atoms with Gasteiger partial charge in [-0.2, -0.15) is 4.41 Å². The lowest BCUT2D eigenvalue weighted by atomic mass is 10.1. The first kappa shape index (κ1) is 10.6. The Balaban J connectivity index is 2.31. The van der Waals surface area contributed by atoms with E-state index in [2.05, 4.69) is 16.8 Å². The molecule has 1 unspecified atom stereocenters. The summed E-state index contributed by atoms with van der Waals surface area (Å²) in [5.74, 6) is 0. The number of nitrogens with zero attached hydrogens (tertiary/aromatic N) is 1. The molecule has 0 aliphatic carbocycles. The molecule has 1 atom stereocenters. The van der Waals surface area contributed by atoms with E-state index in [4.69, 9.17) is 0 Å². The molecule has 0 spiro atoms. The monoisotopic (exact) mass is 200 g/mol. The van der Waals surface area contributed by atoms with Gasteiger partial charge in [0.1, 0.15) is 6.29 Å². The molecule has 1 aliphatic rings. The number of hydrazine groups is 1. The van der Waals surface area contributed by atoms with E-state index in [1.165, 1.54) is 0 Å². The van der Waals surface area contributed by atoms with Crippen LogP contribution in [-0.2, 0) is 4.79 Å². The topological polar surface area (TPSA) is 32.3 Å². The van der Waals surface area contributed by atoms with Gasteiger partial charge in [-0.25, -0.2) is 0 Å². The van der Waals surface area contributed by atoms with E-state index in [1.54, 1.807) is 11.9 Å². The van der Waals surface area contributed by atoms with Gasteiger partial charge in [0.25, 0.3) is 0 Å². The van der Waals surface area contributed by atoms with Gasteiger partial charge in [-0.1, -0.05) is 13.3 Å². The van der Waals surface area contributed by atoms with Gasteiger partial charge < -0.3 is 10.2 Å². The van der Waals surface area contributed by atoms with Crippen molar-refractivity contribution in [1.29, 1.82) is 0 Å². The summed E-state index contributed by atoms with van der Waals surface area (Å²) >= 11 is 1.67. The summed E-state index contributed by atoms with van der Waals surface area (Å²) in [7, 11) is 0. The van der Waals surface area contributed by atoms with Crippen molar-refractivity contribution in [2.45, 2.75) is 38.6 Å². The third kappa shape index (κ3) is 3.40. The van der Waals surface area contributed by atoms with Crippen molar-refractivity contribution < 1.29 is 4.79 Å². The van der Waals surface area contributed by atoms with Crippen LogP contribution in [0.2, 0.25) is 0 Å². The zero-order valence-electron chi connectivity index (χ0n) is 7.90. The van der Waals surface area contributed by atoms with Crippen molar-refractivity contribution >= 4 is 18.2 Å². The molecule has 1 rings (SSSR count). The summed E-state index contributed by atoms with van der Waals surface area (Å²) in [6.07, 6.45) is 6.81. The zero-order chi connectivity index (χ0) is 9.52. The van der Waals surface area contributed by atoms with E-state index < -0.39 is 0 Å². The zero-order valence-corrected chi connectivity index (χ0v) is 8.72. The van der Waals surface area contributed by atoms with Gasteiger partial charge in [-0.05, 0) is 24.8 Å². The van der Waals surface area contributed by atoms with E-state index in [0.29, 0.717) is 12.5 Å². The van der Waals surface area contributed by atoms with Crippen molar-refractivity contribution in [1.82, 2.24) is 9.84 Å². The first-order valence-electron chi connectivity index (χ1n) is 4.69. The second kappa shape index (κ2) is 6.05. The third-order valence-corrected chi connectivity index (χ3v) is 2.90. The summed E-state index contributed by atoms with van der Waals surface area (Å²) in [4.78, 5) is 10.3. The smallest absolute Gasteiger partial charge is 0.120 e. The molecule has 0 saturated heterocycles. The van der Waals surface area contributed by atoms with Crippen LogP contribution in [-0.4, -0.2) is 16.7 Å². The van der Waals surface area contributed by atoms with E-state index in [0.717, 1.165) is 25.5 Å². The van der Waals surface area contributed by atoms with Gasteiger partial charge in [0, 0.05) is 24.1 Å². The average molecular weight is 200 g/mol. The molecule has 1 aliphatic heterocycles. The summed E-state index contributed by atoms with van der Waals surface area (Å²) in [5.41, 5.74) is 3.15.